The number of thioether (sulfide) groups is 1. The number of anilines is 1. The molecular formula is C39H42N11O10S3+. The molecule has 21 nitrogen and oxygen atoms in total. The van der Waals surface area contributed by atoms with Crippen LogP contribution >= 0.6 is 23.1 Å². The summed E-state index contributed by atoms with van der Waals surface area (Å²) in [4.78, 5) is 69.4. The zero-order chi connectivity index (χ0) is 44.5. The van der Waals surface area contributed by atoms with E-state index in [0.29, 0.717) is 22.6 Å². The Hall–Kier alpha value is -6.24. The van der Waals surface area contributed by atoms with E-state index in [1.165, 1.54) is 16.4 Å². The largest absolute Gasteiger partial charge is 0.450 e. The van der Waals surface area contributed by atoms with Gasteiger partial charge in [-0.15, -0.1) is 23.1 Å². The van der Waals surface area contributed by atoms with Crippen LogP contribution in [-0.2, 0) is 64.4 Å². The fourth-order valence-electron chi connectivity index (χ4n) is 6.82. The van der Waals surface area contributed by atoms with Crippen LogP contribution in [0.15, 0.2) is 90.1 Å². The molecule has 5 heterocycles. The quantitative estimate of drug-likeness (QED) is 0.0321. The van der Waals surface area contributed by atoms with Crippen molar-refractivity contribution in [1.82, 2.24) is 39.3 Å². The second-order valence-corrected chi connectivity index (χ2v) is 19.3. The van der Waals surface area contributed by atoms with Crippen LogP contribution in [0.5, 0.6) is 0 Å². The number of nitrogens with zero attached hydrogens (tertiary/aromatic N) is 9. The molecule has 2 fully saturated rings. The summed E-state index contributed by atoms with van der Waals surface area (Å²) in [7, 11) is -5.08. The summed E-state index contributed by atoms with van der Waals surface area (Å²) in [6.07, 6.45) is 3.79. The van der Waals surface area contributed by atoms with Gasteiger partial charge in [-0.3, -0.25) is 19.5 Å². The SMILES string of the molecule is CC(C)(C)OC(=O)Nc1nc(C(=NOC2(C(=O)OC(c3ccccc3)c3ccccc3)CC2)C(=O)N[C@@H]2C(=O)N(S(=O)(=O)O)[C@@H]2Cn2ncc(CSC3Cn4cnc[n+]4C3)n2)cs1. The van der Waals surface area contributed by atoms with Gasteiger partial charge in [0.05, 0.1) is 30.2 Å². The number of carbonyl (C=O) groups excluding carboxylic acids is 4. The Morgan fingerprint density at radius 1 is 1.10 bits per heavy atom. The minimum Gasteiger partial charge on any atom is -0.450 e. The Balaban J connectivity index is 1.01. The van der Waals surface area contributed by atoms with E-state index in [0.717, 1.165) is 24.4 Å². The lowest BCUT2D eigenvalue weighted by molar-refractivity contribution is -0.758. The maximum Gasteiger partial charge on any atom is 0.413 e. The first-order valence-corrected chi connectivity index (χ1v) is 22.9. The Kier molecular flexibility index (Phi) is 12.1. The van der Waals surface area contributed by atoms with Gasteiger partial charge in [-0.05, 0) is 36.9 Å². The van der Waals surface area contributed by atoms with Crippen LogP contribution in [-0.4, -0.2) is 105 Å². The third kappa shape index (κ3) is 10.0. The molecule has 3 N–H and O–H groups in total. The zero-order valence-electron chi connectivity index (χ0n) is 34.0. The lowest BCUT2D eigenvalue weighted by atomic mass is 9.98. The molecule has 330 valence electrons. The molecule has 1 saturated heterocycles. The van der Waals surface area contributed by atoms with Gasteiger partial charge >= 0.3 is 28.7 Å². The van der Waals surface area contributed by atoms with Crippen molar-refractivity contribution in [2.24, 2.45) is 5.16 Å². The number of ether oxygens (including phenoxy) is 2. The van der Waals surface area contributed by atoms with Crippen molar-refractivity contribution in [2.45, 2.75) is 93.6 Å². The van der Waals surface area contributed by atoms with Gasteiger partial charge in [-0.2, -0.15) is 32.8 Å². The number of hydrogen-bond donors (Lipinski definition) is 3. The molecule has 24 heteroatoms. The summed E-state index contributed by atoms with van der Waals surface area (Å²) in [5.74, 6) is -2.46. The third-order valence-corrected chi connectivity index (χ3v) is 12.9. The first kappa shape index (κ1) is 43.4. The van der Waals surface area contributed by atoms with E-state index in [1.54, 1.807) is 45.2 Å². The van der Waals surface area contributed by atoms with Crippen LogP contribution < -0.4 is 15.3 Å². The van der Waals surface area contributed by atoms with Gasteiger partial charge in [-0.25, -0.2) is 18.9 Å². The molecule has 3 aliphatic rings. The highest BCUT2D eigenvalue weighted by atomic mass is 32.2. The Morgan fingerprint density at radius 2 is 1.79 bits per heavy atom. The number of esters is 1. The highest BCUT2D eigenvalue weighted by Gasteiger charge is 2.57. The van der Waals surface area contributed by atoms with Crippen molar-refractivity contribution in [1.29, 1.82) is 0 Å². The van der Waals surface area contributed by atoms with Crippen LogP contribution in [0.1, 0.15) is 62.2 Å². The number of benzene rings is 2. The fourth-order valence-corrected chi connectivity index (χ4v) is 9.43. The molecule has 8 rings (SSSR count). The number of aromatic nitrogens is 7. The summed E-state index contributed by atoms with van der Waals surface area (Å²) in [5.41, 5.74) is -1.06. The number of carbonyl (C=O) groups is 4. The average Bonchev–Trinajstić information content (AvgIpc) is 3.62. The molecule has 1 saturated carbocycles. The van der Waals surface area contributed by atoms with Crippen LogP contribution in [0, 0.1) is 0 Å². The van der Waals surface area contributed by atoms with E-state index >= 15 is 0 Å². The predicted molar refractivity (Wildman–Crippen MR) is 224 cm³/mol. The zero-order valence-corrected chi connectivity index (χ0v) is 36.5. The Morgan fingerprint density at radius 3 is 2.43 bits per heavy atom. The third-order valence-electron chi connectivity index (χ3n) is 10.0. The molecule has 1 aliphatic carbocycles. The van der Waals surface area contributed by atoms with Gasteiger partial charge in [0.2, 0.25) is 11.9 Å². The lowest BCUT2D eigenvalue weighted by Crippen LogP contribution is -2.73. The van der Waals surface area contributed by atoms with Gasteiger partial charge in [0.25, 0.3) is 11.8 Å². The number of β-lactam (4-membered cyclic amide) rings is 1. The van der Waals surface area contributed by atoms with Crippen molar-refractivity contribution >= 4 is 68.1 Å². The second kappa shape index (κ2) is 17.5. The highest BCUT2D eigenvalue weighted by Crippen LogP contribution is 2.43. The molecule has 0 radical (unpaired) electrons. The topological polar surface area (TPSA) is 255 Å². The number of hydrogen-bond acceptors (Lipinski definition) is 16. The van der Waals surface area contributed by atoms with Crippen LogP contribution in [0.2, 0.25) is 0 Å². The predicted octanol–water partition coefficient (Wildman–Crippen LogP) is 2.67. The smallest absolute Gasteiger partial charge is 0.413 e. The summed E-state index contributed by atoms with van der Waals surface area (Å²) in [5, 5.41) is 19.4. The second-order valence-electron chi connectivity index (χ2n) is 15.9. The highest BCUT2D eigenvalue weighted by molar-refractivity contribution is 7.99. The minimum atomic E-state index is -5.08. The number of nitrogens with one attached hydrogen (secondary N) is 2. The number of fused-ring (bicyclic) bond motifs is 1. The Bertz CT molecular complexity index is 2580. The molecule has 2 aromatic carbocycles. The van der Waals surface area contributed by atoms with Crippen molar-refractivity contribution in [3.8, 4) is 0 Å². The molecule has 0 unspecified atom stereocenters. The van der Waals surface area contributed by atoms with Gasteiger partial charge < -0.3 is 19.6 Å². The van der Waals surface area contributed by atoms with Crippen molar-refractivity contribution in [2.75, 3.05) is 5.32 Å². The van der Waals surface area contributed by atoms with E-state index in [2.05, 4.69) is 36.0 Å². The van der Waals surface area contributed by atoms with E-state index in [-0.39, 0.29) is 39.8 Å². The van der Waals surface area contributed by atoms with Gasteiger partial charge in [0.15, 0.2) is 16.9 Å². The minimum absolute atomic E-state index is 0.0145. The van der Waals surface area contributed by atoms with E-state index in [9.17, 15) is 32.1 Å². The summed E-state index contributed by atoms with van der Waals surface area (Å²) < 4.78 is 50.4. The van der Waals surface area contributed by atoms with Crippen LogP contribution in [0.25, 0.3) is 0 Å². The van der Waals surface area contributed by atoms with E-state index < -0.39 is 69.3 Å². The standard InChI is InChI=1S/C39H41N11O10S3/c1-38(2,3)59-37(54)44-36-42-28(21-62-36)30(46-60-39(14-15-39)35(53)58-32(24-10-6-4-7-11-24)25-12-8-5-9-13-25)33(51)43-31-29(50(34(31)52)63(55,56)57)19-49-41-16-26(45-49)20-61-27-17-47-22-40-23-48(47)18-27/h4-13,16,21-23,27,29,31-32H,14-15,17-20H2,1-3H3,(H2-,42,43,44,51,54,55,56,57)/p+1/t29-,31+/m1/s1. The molecule has 0 bridgehead atoms. The number of oxime groups is 1. The van der Waals surface area contributed by atoms with Crippen molar-refractivity contribution in [3.05, 3.63) is 107 Å². The number of thiazole rings is 1. The molecule has 2 aliphatic heterocycles. The molecule has 3 amide bonds. The van der Waals surface area contributed by atoms with E-state index in [4.69, 9.17) is 14.3 Å². The fraction of sp³-hybridized carbons (Fsp3) is 0.385. The number of rotatable bonds is 16. The molecule has 63 heavy (non-hydrogen) atoms. The van der Waals surface area contributed by atoms with Gasteiger partial charge in [0.1, 0.15) is 29.9 Å². The molecule has 0 spiro atoms. The van der Waals surface area contributed by atoms with Gasteiger partial charge in [-0.1, -0.05) is 65.8 Å². The molecule has 3 aromatic heterocycles. The van der Waals surface area contributed by atoms with Crippen molar-refractivity contribution < 1.29 is 51.1 Å². The van der Waals surface area contributed by atoms with Gasteiger partial charge in [0, 0.05) is 24.0 Å². The monoisotopic (exact) mass is 920 g/mol. The average molecular weight is 921 g/mol. The maximum absolute atomic E-state index is 14.2. The summed E-state index contributed by atoms with van der Waals surface area (Å²) in [6.45, 7) is 6.23. The molecule has 5 aromatic rings. The lowest BCUT2D eigenvalue weighted by Gasteiger charge is -2.43. The van der Waals surface area contributed by atoms with E-state index in [1.807, 2.05) is 70.0 Å². The van der Waals surface area contributed by atoms with Crippen molar-refractivity contribution in [3.63, 3.8) is 0 Å². The Labute approximate surface area is 368 Å². The first-order chi connectivity index (χ1) is 30.0. The summed E-state index contributed by atoms with van der Waals surface area (Å²) >= 11 is 2.57. The maximum atomic E-state index is 14.2. The van der Waals surface area contributed by atoms with Crippen LogP contribution in [0.3, 0.4) is 0 Å². The number of amides is 3. The normalized spacial score (nSPS) is 19.3. The van der Waals surface area contributed by atoms with Crippen LogP contribution in [0.4, 0.5) is 9.93 Å². The molecule has 2 atom stereocenters. The molecular weight excluding hydrogens is 879 g/mol. The first-order valence-electron chi connectivity index (χ1n) is 19.6. The summed E-state index contributed by atoms with van der Waals surface area (Å²) in [6, 6.07) is 15.4.